The second-order valence-corrected chi connectivity index (χ2v) is 33.7. The number of aliphatic hydroxyl groups is 1. The van der Waals surface area contributed by atoms with Gasteiger partial charge >= 0.3 is 39.5 Å². The normalized spacial score (nSPS) is 13.9. The van der Waals surface area contributed by atoms with Gasteiger partial charge in [-0.25, -0.2) is 9.13 Å². The Morgan fingerprint density at radius 2 is 0.451 bits per heavy atom. The first-order chi connectivity index (χ1) is 49.4. The summed E-state index contributed by atoms with van der Waals surface area (Å²) in [7, 11) is -9.92. The van der Waals surface area contributed by atoms with Gasteiger partial charge in [-0.1, -0.05) is 388 Å². The molecule has 0 aliphatic rings. The number of carbonyl (C=O) groups is 4. The summed E-state index contributed by atoms with van der Waals surface area (Å²) in [6, 6.07) is 0. The van der Waals surface area contributed by atoms with Crippen molar-refractivity contribution in [1.29, 1.82) is 0 Å². The minimum atomic E-state index is -4.96. The van der Waals surface area contributed by atoms with Gasteiger partial charge in [0.05, 0.1) is 26.4 Å². The Labute approximate surface area is 626 Å². The number of hydrogen-bond donors (Lipinski definition) is 3. The Morgan fingerprint density at radius 3 is 0.667 bits per heavy atom. The van der Waals surface area contributed by atoms with Crippen LogP contribution in [0.25, 0.3) is 0 Å². The number of phosphoric ester groups is 2. The van der Waals surface area contributed by atoms with Crippen LogP contribution in [0.15, 0.2) is 0 Å². The molecule has 17 nitrogen and oxygen atoms in total. The van der Waals surface area contributed by atoms with Crippen molar-refractivity contribution in [2.75, 3.05) is 39.6 Å². The molecular weight excluding hydrogens is 1330 g/mol. The van der Waals surface area contributed by atoms with Gasteiger partial charge in [-0.3, -0.25) is 37.3 Å². The Morgan fingerprint density at radius 1 is 0.265 bits per heavy atom. The summed E-state index contributed by atoms with van der Waals surface area (Å²) in [6.07, 6.45) is 65.6. The third kappa shape index (κ3) is 76.3. The van der Waals surface area contributed by atoms with Gasteiger partial charge in [-0.05, 0) is 37.5 Å². The number of aliphatic hydroxyl groups excluding tert-OH is 1. The minimum Gasteiger partial charge on any atom is -0.462 e. The molecular formula is C83H162O17P2. The van der Waals surface area contributed by atoms with Crippen LogP contribution in [-0.4, -0.2) is 96.7 Å². The lowest BCUT2D eigenvalue weighted by Crippen LogP contribution is -2.30. The molecule has 102 heavy (non-hydrogen) atoms. The molecule has 0 aliphatic heterocycles. The standard InChI is InChI=1S/C83H162O17P2/c1-7-9-11-13-15-17-19-20-21-22-23-24-25-29-32-35-38-42-48-54-60-66-81(86)94-71-78(99-82(87)67-61-55-49-43-39-36-33-30-27-26-28-31-34-37-40-45-51-57-63-75(3)4)73-97-101(89,90)95-69-77(84)70-96-102(91,92)98-74-79(100-83(88)68-62-56-50-44-46-52-58-64-76(5)6)72-93-80(85)65-59-53-47-41-18-16-14-12-10-8-2/h75-79,84H,7-74H2,1-6H3,(H,89,90)(H,91,92)/t77-,78-,79-/m1/s1. The van der Waals surface area contributed by atoms with Gasteiger partial charge in [0.15, 0.2) is 12.2 Å². The summed E-state index contributed by atoms with van der Waals surface area (Å²) in [6.45, 7) is 9.60. The first-order valence-electron chi connectivity index (χ1n) is 43.0. The first-order valence-corrected chi connectivity index (χ1v) is 46.0. The predicted molar refractivity (Wildman–Crippen MR) is 418 cm³/mol. The minimum absolute atomic E-state index is 0.104. The number of ether oxygens (including phenoxy) is 4. The van der Waals surface area contributed by atoms with Crippen molar-refractivity contribution in [2.24, 2.45) is 11.8 Å². The molecule has 0 spiro atoms. The van der Waals surface area contributed by atoms with E-state index in [0.717, 1.165) is 95.8 Å². The quantitative estimate of drug-likeness (QED) is 0.0222. The summed E-state index contributed by atoms with van der Waals surface area (Å²) in [5.74, 6) is -0.595. The van der Waals surface area contributed by atoms with Crippen LogP contribution in [0.2, 0.25) is 0 Å². The van der Waals surface area contributed by atoms with Gasteiger partial charge in [0.1, 0.15) is 19.3 Å². The Hall–Kier alpha value is -1.94. The molecule has 0 amide bonds. The van der Waals surface area contributed by atoms with Crippen LogP contribution in [0.4, 0.5) is 0 Å². The van der Waals surface area contributed by atoms with E-state index in [9.17, 15) is 43.2 Å². The summed E-state index contributed by atoms with van der Waals surface area (Å²) >= 11 is 0. The molecule has 5 atom stereocenters. The third-order valence-electron chi connectivity index (χ3n) is 19.5. The van der Waals surface area contributed by atoms with E-state index in [1.807, 2.05) is 0 Å². The van der Waals surface area contributed by atoms with Gasteiger partial charge < -0.3 is 33.8 Å². The Kier molecular flexibility index (Phi) is 73.1. The summed E-state index contributed by atoms with van der Waals surface area (Å²) in [5.41, 5.74) is 0. The van der Waals surface area contributed by atoms with Crippen molar-refractivity contribution >= 4 is 39.5 Å². The maximum absolute atomic E-state index is 13.1. The van der Waals surface area contributed by atoms with Crippen molar-refractivity contribution in [3.8, 4) is 0 Å². The van der Waals surface area contributed by atoms with E-state index >= 15 is 0 Å². The van der Waals surface area contributed by atoms with Crippen molar-refractivity contribution in [2.45, 2.75) is 458 Å². The lowest BCUT2D eigenvalue weighted by molar-refractivity contribution is -0.161. The zero-order valence-corrected chi connectivity index (χ0v) is 68.7. The summed E-state index contributed by atoms with van der Waals surface area (Å²) in [5, 5.41) is 10.6. The lowest BCUT2D eigenvalue weighted by Gasteiger charge is -2.21. The third-order valence-corrected chi connectivity index (χ3v) is 21.4. The average Bonchev–Trinajstić information content (AvgIpc) is 0.907. The lowest BCUT2D eigenvalue weighted by atomic mass is 10.0. The van der Waals surface area contributed by atoms with E-state index in [0.29, 0.717) is 31.6 Å². The van der Waals surface area contributed by atoms with Crippen molar-refractivity contribution in [1.82, 2.24) is 0 Å². The molecule has 0 aromatic rings. The van der Waals surface area contributed by atoms with Crippen LogP contribution in [0.5, 0.6) is 0 Å². The topological polar surface area (TPSA) is 237 Å². The molecule has 3 N–H and O–H groups in total. The van der Waals surface area contributed by atoms with Gasteiger partial charge in [-0.2, -0.15) is 0 Å². The van der Waals surface area contributed by atoms with Gasteiger partial charge in [0.2, 0.25) is 0 Å². The second-order valence-electron chi connectivity index (χ2n) is 30.8. The molecule has 0 bridgehead atoms. The van der Waals surface area contributed by atoms with E-state index in [1.54, 1.807) is 0 Å². The van der Waals surface area contributed by atoms with Crippen molar-refractivity contribution in [3.63, 3.8) is 0 Å². The maximum atomic E-state index is 13.1. The summed E-state index contributed by atoms with van der Waals surface area (Å²) in [4.78, 5) is 73.0. The zero-order chi connectivity index (χ0) is 74.9. The highest BCUT2D eigenvalue weighted by Gasteiger charge is 2.30. The van der Waals surface area contributed by atoms with Gasteiger partial charge in [-0.15, -0.1) is 0 Å². The molecule has 0 aromatic heterocycles. The molecule has 0 saturated heterocycles. The number of rotatable bonds is 82. The summed E-state index contributed by atoms with van der Waals surface area (Å²) < 4.78 is 68.7. The van der Waals surface area contributed by atoms with E-state index in [1.165, 1.54) is 257 Å². The van der Waals surface area contributed by atoms with E-state index in [2.05, 4.69) is 41.5 Å². The SMILES string of the molecule is CCCCCCCCCCCCCCCCCCCCCCCC(=O)OC[C@H](COP(=O)(O)OC[C@@H](O)COP(=O)(O)OC[C@@H](COC(=O)CCCCCCCCCCCC)OC(=O)CCCCCCCCCC(C)C)OC(=O)CCCCCCCCCCCCCCCCCCCCC(C)C. The highest BCUT2D eigenvalue weighted by Crippen LogP contribution is 2.45. The van der Waals surface area contributed by atoms with Crippen LogP contribution in [-0.2, 0) is 65.4 Å². The van der Waals surface area contributed by atoms with Crippen molar-refractivity contribution in [3.05, 3.63) is 0 Å². The smallest absolute Gasteiger partial charge is 0.462 e. The molecule has 2 unspecified atom stereocenters. The second kappa shape index (κ2) is 74.5. The number of hydrogen-bond acceptors (Lipinski definition) is 15. The fraction of sp³-hybridized carbons (Fsp3) is 0.952. The van der Waals surface area contributed by atoms with Crippen LogP contribution in [0.1, 0.15) is 440 Å². The van der Waals surface area contributed by atoms with Crippen molar-refractivity contribution < 1.29 is 80.2 Å². The molecule has 0 heterocycles. The largest absolute Gasteiger partial charge is 0.472 e. The monoisotopic (exact) mass is 1490 g/mol. The zero-order valence-electron chi connectivity index (χ0n) is 66.9. The fourth-order valence-corrected chi connectivity index (χ4v) is 14.5. The van der Waals surface area contributed by atoms with Gasteiger partial charge in [0.25, 0.3) is 0 Å². The van der Waals surface area contributed by atoms with Gasteiger partial charge in [0, 0.05) is 25.7 Å². The van der Waals surface area contributed by atoms with E-state index in [-0.39, 0.29) is 25.7 Å². The van der Waals surface area contributed by atoms with Crippen LogP contribution in [0.3, 0.4) is 0 Å². The fourth-order valence-electron chi connectivity index (χ4n) is 12.9. The molecule has 606 valence electrons. The maximum Gasteiger partial charge on any atom is 0.472 e. The molecule has 0 aromatic carbocycles. The van der Waals surface area contributed by atoms with E-state index < -0.39 is 97.5 Å². The molecule has 0 radical (unpaired) electrons. The number of unbranched alkanes of at least 4 members (excludes halogenated alkanes) is 52. The molecule has 0 rings (SSSR count). The van der Waals surface area contributed by atoms with Crippen LogP contribution < -0.4 is 0 Å². The highest BCUT2D eigenvalue weighted by molar-refractivity contribution is 7.47. The highest BCUT2D eigenvalue weighted by atomic mass is 31.2. The number of carbonyl (C=O) groups excluding carboxylic acids is 4. The molecule has 0 aliphatic carbocycles. The molecule has 0 saturated carbocycles. The number of esters is 4. The molecule has 0 fully saturated rings. The Bertz CT molecular complexity index is 1960. The number of phosphoric acid groups is 2. The van der Waals surface area contributed by atoms with Crippen LogP contribution >= 0.6 is 15.6 Å². The average molecular weight is 1490 g/mol. The van der Waals surface area contributed by atoms with E-state index in [4.69, 9.17) is 37.0 Å². The Balaban J connectivity index is 5.17. The molecule has 19 heteroatoms. The first kappa shape index (κ1) is 100. The van der Waals surface area contributed by atoms with Crippen LogP contribution in [0, 0.1) is 11.8 Å². The predicted octanol–water partition coefficient (Wildman–Crippen LogP) is 25.1.